The Balaban J connectivity index is 2.47. The minimum absolute atomic E-state index is 0.287. The normalized spacial score (nSPS) is 15.4. The number of hydrogen-bond acceptors (Lipinski definition) is 3. The molecule has 2 unspecified atom stereocenters. The van der Waals surface area contributed by atoms with Crippen LogP contribution in [0.1, 0.15) is 32.1 Å². The van der Waals surface area contributed by atoms with E-state index in [0.717, 1.165) is 18.9 Å². The van der Waals surface area contributed by atoms with E-state index in [4.69, 9.17) is 4.74 Å². The summed E-state index contributed by atoms with van der Waals surface area (Å²) in [7, 11) is 1.71. The lowest BCUT2D eigenvalue weighted by atomic mass is 10.2. The quantitative estimate of drug-likeness (QED) is 0.726. The minimum Gasteiger partial charge on any atom is -0.383 e. The first kappa shape index (κ1) is 11.2. The third kappa shape index (κ3) is 3.12. The van der Waals surface area contributed by atoms with Crippen molar-refractivity contribution >= 4 is 0 Å². The smallest absolute Gasteiger partial charge is 0.123 e. The number of rotatable bonds is 6. The largest absolute Gasteiger partial charge is 0.383 e. The van der Waals surface area contributed by atoms with Crippen LogP contribution in [0.3, 0.4) is 0 Å². The van der Waals surface area contributed by atoms with E-state index in [9.17, 15) is 0 Å². The molecule has 0 radical (unpaired) electrons. The van der Waals surface area contributed by atoms with Crippen molar-refractivity contribution in [2.24, 2.45) is 0 Å². The van der Waals surface area contributed by atoms with E-state index >= 15 is 0 Å². The summed E-state index contributed by atoms with van der Waals surface area (Å²) in [4.78, 5) is 7.36. The molecular weight excluding hydrogens is 178 g/mol. The van der Waals surface area contributed by atoms with Crippen molar-refractivity contribution in [2.45, 2.75) is 32.4 Å². The molecule has 2 N–H and O–H groups in total. The standard InChI is InChI=1S/C10H19N3O/c1-4-9(10-11-5-6-12-10)13-8(2)7-14-3/h5-6,8-9,13H,4,7H2,1-3H3,(H,11,12). The Morgan fingerprint density at radius 2 is 2.43 bits per heavy atom. The average molecular weight is 197 g/mol. The summed E-state index contributed by atoms with van der Waals surface area (Å²) >= 11 is 0. The number of ether oxygens (including phenoxy) is 1. The van der Waals surface area contributed by atoms with Crippen LogP contribution in [-0.4, -0.2) is 29.7 Å². The number of aromatic amines is 1. The van der Waals surface area contributed by atoms with Gasteiger partial charge in [0.15, 0.2) is 0 Å². The fourth-order valence-electron chi connectivity index (χ4n) is 1.50. The molecule has 1 rings (SSSR count). The maximum Gasteiger partial charge on any atom is 0.123 e. The van der Waals surface area contributed by atoms with Gasteiger partial charge in [0.05, 0.1) is 12.6 Å². The summed E-state index contributed by atoms with van der Waals surface area (Å²) in [6.45, 7) is 4.96. The second kappa shape index (κ2) is 5.78. The Hall–Kier alpha value is -0.870. The van der Waals surface area contributed by atoms with E-state index in [-0.39, 0.29) is 6.04 Å². The summed E-state index contributed by atoms with van der Waals surface area (Å²) in [6.07, 6.45) is 4.64. The molecule has 0 aliphatic carbocycles. The monoisotopic (exact) mass is 197 g/mol. The summed E-state index contributed by atoms with van der Waals surface area (Å²) in [6, 6.07) is 0.630. The maximum absolute atomic E-state index is 5.07. The molecule has 1 aromatic rings. The lowest BCUT2D eigenvalue weighted by Crippen LogP contribution is -2.34. The Labute approximate surface area is 85.1 Å². The number of hydrogen-bond donors (Lipinski definition) is 2. The fraction of sp³-hybridized carbons (Fsp3) is 0.700. The van der Waals surface area contributed by atoms with Gasteiger partial charge >= 0.3 is 0 Å². The van der Waals surface area contributed by atoms with Gasteiger partial charge in [-0.2, -0.15) is 0 Å². The molecule has 0 bridgehead atoms. The highest BCUT2D eigenvalue weighted by molar-refractivity contribution is 4.95. The van der Waals surface area contributed by atoms with Gasteiger partial charge in [-0.15, -0.1) is 0 Å². The lowest BCUT2D eigenvalue weighted by molar-refractivity contribution is 0.165. The average Bonchev–Trinajstić information content (AvgIpc) is 2.67. The summed E-state index contributed by atoms with van der Waals surface area (Å²) in [5, 5.41) is 3.45. The molecular formula is C10H19N3O. The van der Waals surface area contributed by atoms with Crippen molar-refractivity contribution in [3.05, 3.63) is 18.2 Å². The molecule has 14 heavy (non-hydrogen) atoms. The van der Waals surface area contributed by atoms with Crippen LogP contribution in [0.15, 0.2) is 12.4 Å². The third-order valence-electron chi connectivity index (χ3n) is 2.16. The van der Waals surface area contributed by atoms with Gasteiger partial charge in [-0.05, 0) is 13.3 Å². The molecule has 0 spiro atoms. The molecule has 0 saturated heterocycles. The van der Waals surface area contributed by atoms with Gasteiger partial charge in [0, 0.05) is 25.5 Å². The highest BCUT2D eigenvalue weighted by atomic mass is 16.5. The summed E-state index contributed by atoms with van der Waals surface area (Å²) < 4.78 is 5.07. The van der Waals surface area contributed by atoms with E-state index in [0.29, 0.717) is 6.04 Å². The van der Waals surface area contributed by atoms with Gasteiger partial charge in [-0.1, -0.05) is 6.92 Å². The first-order chi connectivity index (χ1) is 6.77. The zero-order valence-corrected chi connectivity index (χ0v) is 9.08. The van der Waals surface area contributed by atoms with Gasteiger partial charge in [-0.25, -0.2) is 4.98 Å². The highest BCUT2D eigenvalue weighted by Gasteiger charge is 2.13. The highest BCUT2D eigenvalue weighted by Crippen LogP contribution is 2.11. The maximum atomic E-state index is 5.07. The molecule has 0 amide bonds. The molecule has 1 heterocycles. The van der Waals surface area contributed by atoms with Crippen LogP contribution in [0.2, 0.25) is 0 Å². The molecule has 80 valence electrons. The van der Waals surface area contributed by atoms with Crippen molar-refractivity contribution < 1.29 is 4.74 Å². The zero-order valence-electron chi connectivity index (χ0n) is 9.08. The van der Waals surface area contributed by atoms with Crippen LogP contribution >= 0.6 is 0 Å². The molecule has 1 aromatic heterocycles. The van der Waals surface area contributed by atoms with Gasteiger partial charge in [0.2, 0.25) is 0 Å². The van der Waals surface area contributed by atoms with Gasteiger partial charge in [-0.3, -0.25) is 0 Å². The van der Waals surface area contributed by atoms with Crippen LogP contribution in [-0.2, 0) is 4.74 Å². The Kier molecular flexibility index (Phi) is 4.62. The SMILES string of the molecule is CCC(NC(C)COC)c1ncc[nH]1. The van der Waals surface area contributed by atoms with E-state index in [1.165, 1.54) is 0 Å². The summed E-state index contributed by atoms with van der Waals surface area (Å²) in [5.74, 6) is 0.996. The molecule has 0 fully saturated rings. The molecule has 0 saturated carbocycles. The molecule has 0 aromatic carbocycles. The first-order valence-corrected chi connectivity index (χ1v) is 5.02. The van der Waals surface area contributed by atoms with Crippen molar-refractivity contribution in [1.82, 2.24) is 15.3 Å². The minimum atomic E-state index is 0.287. The number of nitrogens with zero attached hydrogens (tertiary/aromatic N) is 1. The van der Waals surface area contributed by atoms with Crippen LogP contribution in [0.25, 0.3) is 0 Å². The predicted molar refractivity (Wildman–Crippen MR) is 56.1 cm³/mol. The van der Waals surface area contributed by atoms with Gasteiger partial charge < -0.3 is 15.0 Å². The summed E-state index contributed by atoms with van der Waals surface area (Å²) in [5.41, 5.74) is 0. The number of methoxy groups -OCH3 is 1. The van der Waals surface area contributed by atoms with Crippen LogP contribution in [0.5, 0.6) is 0 Å². The van der Waals surface area contributed by atoms with Crippen LogP contribution in [0, 0.1) is 0 Å². The number of aromatic nitrogens is 2. The second-order valence-electron chi connectivity index (χ2n) is 3.46. The Morgan fingerprint density at radius 1 is 1.64 bits per heavy atom. The van der Waals surface area contributed by atoms with E-state index in [1.807, 2.05) is 6.20 Å². The van der Waals surface area contributed by atoms with E-state index in [2.05, 4.69) is 29.1 Å². The van der Waals surface area contributed by atoms with Gasteiger partial charge in [0.1, 0.15) is 5.82 Å². The number of nitrogens with one attached hydrogen (secondary N) is 2. The Bertz CT molecular complexity index is 236. The lowest BCUT2D eigenvalue weighted by Gasteiger charge is -2.19. The topological polar surface area (TPSA) is 49.9 Å². The first-order valence-electron chi connectivity index (χ1n) is 5.02. The molecule has 2 atom stereocenters. The fourth-order valence-corrected chi connectivity index (χ4v) is 1.50. The predicted octanol–water partition coefficient (Wildman–Crippen LogP) is 1.49. The number of H-pyrrole nitrogens is 1. The zero-order chi connectivity index (χ0) is 10.4. The second-order valence-corrected chi connectivity index (χ2v) is 3.46. The van der Waals surface area contributed by atoms with E-state index in [1.54, 1.807) is 13.3 Å². The van der Waals surface area contributed by atoms with Gasteiger partial charge in [0.25, 0.3) is 0 Å². The molecule has 4 nitrogen and oxygen atoms in total. The van der Waals surface area contributed by atoms with Crippen molar-refractivity contribution in [3.8, 4) is 0 Å². The number of imidazole rings is 1. The third-order valence-corrected chi connectivity index (χ3v) is 2.16. The van der Waals surface area contributed by atoms with Crippen molar-refractivity contribution in [1.29, 1.82) is 0 Å². The van der Waals surface area contributed by atoms with Crippen LogP contribution in [0.4, 0.5) is 0 Å². The molecule has 4 heteroatoms. The van der Waals surface area contributed by atoms with Crippen LogP contribution < -0.4 is 5.32 Å². The molecule has 0 aliphatic rings. The Morgan fingerprint density at radius 3 is 2.93 bits per heavy atom. The van der Waals surface area contributed by atoms with Crippen molar-refractivity contribution in [2.75, 3.05) is 13.7 Å². The van der Waals surface area contributed by atoms with Crippen molar-refractivity contribution in [3.63, 3.8) is 0 Å². The van der Waals surface area contributed by atoms with E-state index < -0.39 is 0 Å². The molecule has 0 aliphatic heterocycles.